The highest BCUT2D eigenvalue weighted by atomic mass is 16.3. The van der Waals surface area contributed by atoms with Crippen LogP contribution in [0.3, 0.4) is 0 Å². The Balaban J connectivity index is 2.23. The van der Waals surface area contributed by atoms with E-state index in [4.69, 9.17) is 11.5 Å². The highest BCUT2D eigenvalue weighted by Crippen LogP contribution is 2.34. The van der Waals surface area contributed by atoms with Crippen LogP contribution >= 0.6 is 0 Å². The highest BCUT2D eigenvalue weighted by Gasteiger charge is 2.36. The zero-order valence-corrected chi connectivity index (χ0v) is 11.4. The first-order valence-electron chi connectivity index (χ1n) is 6.54. The predicted molar refractivity (Wildman–Crippen MR) is 76.7 cm³/mol. The number of amides is 1. The summed E-state index contributed by atoms with van der Waals surface area (Å²) in [6.07, 6.45) is 1.79. The highest BCUT2D eigenvalue weighted by molar-refractivity contribution is 6.08. The van der Waals surface area contributed by atoms with Crippen molar-refractivity contribution in [1.82, 2.24) is 14.5 Å². The van der Waals surface area contributed by atoms with Crippen LogP contribution in [0.1, 0.15) is 16.4 Å². The van der Waals surface area contributed by atoms with Gasteiger partial charge in [0.25, 0.3) is 5.91 Å². The maximum absolute atomic E-state index is 11.6. The van der Waals surface area contributed by atoms with Crippen molar-refractivity contribution in [3.8, 4) is 0 Å². The molecule has 2 aromatic heterocycles. The Bertz CT molecular complexity index is 784. The van der Waals surface area contributed by atoms with E-state index in [0.717, 1.165) is 0 Å². The van der Waals surface area contributed by atoms with Gasteiger partial charge in [-0.3, -0.25) is 4.79 Å². The van der Waals surface area contributed by atoms with Crippen molar-refractivity contribution in [2.24, 2.45) is 5.73 Å². The van der Waals surface area contributed by atoms with Crippen LogP contribution in [0.4, 0.5) is 5.82 Å². The Morgan fingerprint density at radius 3 is 2.68 bits per heavy atom. The molecule has 7 N–H and O–H groups in total. The summed E-state index contributed by atoms with van der Waals surface area (Å²) in [5.74, 6) is -0.610. The fourth-order valence-electron chi connectivity index (χ4n) is 2.74. The molecular formula is C13H15N5O4. The zero-order valence-electron chi connectivity index (χ0n) is 11.4. The normalized spacial score (nSPS) is 24.7. The Morgan fingerprint density at radius 2 is 2.09 bits per heavy atom. The molecule has 116 valence electrons. The number of hydrogen-bond donors (Lipinski definition) is 5. The smallest absolute Gasteiger partial charge is 0.251 e. The molecule has 0 bridgehead atoms. The molecule has 0 saturated heterocycles. The van der Waals surface area contributed by atoms with E-state index in [0.29, 0.717) is 16.6 Å². The van der Waals surface area contributed by atoms with Gasteiger partial charge < -0.3 is 31.4 Å². The van der Waals surface area contributed by atoms with E-state index >= 15 is 0 Å². The molecule has 2 aromatic rings. The minimum Gasteiger partial charge on any atom is -0.392 e. The number of anilines is 1. The van der Waals surface area contributed by atoms with Gasteiger partial charge in [0.2, 0.25) is 0 Å². The van der Waals surface area contributed by atoms with Crippen LogP contribution in [0.5, 0.6) is 0 Å². The van der Waals surface area contributed by atoms with Gasteiger partial charge in [-0.15, -0.1) is 0 Å². The molecule has 1 aliphatic carbocycles. The van der Waals surface area contributed by atoms with Crippen LogP contribution in [-0.2, 0) is 0 Å². The lowest BCUT2D eigenvalue weighted by molar-refractivity contribution is 0.0288. The van der Waals surface area contributed by atoms with Gasteiger partial charge in [0.15, 0.2) is 0 Å². The van der Waals surface area contributed by atoms with Gasteiger partial charge in [-0.2, -0.15) is 0 Å². The molecule has 0 aliphatic heterocycles. The number of carbonyl (C=O) groups excluding carboxylic acids is 1. The molecule has 0 fully saturated rings. The number of primary amides is 1. The molecule has 9 heteroatoms. The molecule has 1 aliphatic rings. The van der Waals surface area contributed by atoms with E-state index < -0.39 is 24.2 Å². The van der Waals surface area contributed by atoms with Crippen molar-refractivity contribution in [1.29, 1.82) is 0 Å². The van der Waals surface area contributed by atoms with Gasteiger partial charge in [0.1, 0.15) is 30.0 Å². The van der Waals surface area contributed by atoms with Crippen molar-refractivity contribution in [2.45, 2.75) is 18.2 Å². The summed E-state index contributed by atoms with van der Waals surface area (Å²) in [6.45, 7) is -0.381. The lowest BCUT2D eigenvalue weighted by atomic mass is 10.1. The number of nitrogen functional groups attached to an aromatic ring is 1. The summed E-state index contributed by atoms with van der Waals surface area (Å²) < 4.78 is 1.49. The molecule has 2 heterocycles. The number of rotatable bonds is 3. The first-order valence-corrected chi connectivity index (χ1v) is 6.54. The maximum atomic E-state index is 11.6. The SMILES string of the molecule is NC(=O)c1cn([C@@H]2C=C(CO)[C@@H](O)[C@H]2O)c2ncnc(N)c12. The quantitative estimate of drug-likeness (QED) is 0.423. The van der Waals surface area contributed by atoms with Crippen molar-refractivity contribution in [3.63, 3.8) is 0 Å². The lowest BCUT2D eigenvalue weighted by Gasteiger charge is -2.19. The lowest BCUT2D eigenvalue weighted by Crippen LogP contribution is -2.30. The topological polar surface area (TPSA) is 161 Å². The zero-order chi connectivity index (χ0) is 16.0. The molecule has 3 rings (SSSR count). The molecular weight excluding hydrogens is 290 g/mol. The van der Waals surface area contributed by atoms with Crippen molar-refractivity contribution in [3.05, 3.63) is 29.7 Å². The van der Waals surface area contributed by atoms with Crippen LogP contribution in [0.2, 0.25) is 0 Å². The van der Waals surface area contributed by atoms with Crippen LogP contribution in [0, 0.1) is 0 Å². The molecule has 9 nitrogen and oxygen atoms in total. The maximum Gasteiger partial charge on any atom is 0.251 e. The predicted octanol–water partition coefficient (Wildman–Crippen LogP) is -1.69. The first kappa shape index (κ1) is 14.4. The van der Waals surface area contributed by atoms with E-state index in [1.165, 1.54) is 23.2 Å². The van der Waals surface area contributed by atoms with Gasteiger partial charge in [-0.25, -0.2) is 9.97 Å². The number of hydrogen-bond acceptors (Lipinski definition) is 7. The summed E-state index contributed by atoms with van der Waals surface area (Å²) in [4.78, 5) is 19.5. The molecule has 0 unspecified atom stereocenters. The van der Waals surface area contributed by atoms with Crippen molar-refractivity contribution < 1.29 is 20.1 Å². The van der Waals surface area contributed by atoms with Gasteiger partial charge in [0.05, 0.1) is 23.6 Å². The van der Waals surface area contributed by atoms with Gasteiger partial charge in [0, 0.05) is 6.20 Å². The second-order valence-corrected chi connectivity index (χ2v) is 5.10. The van der Waals surface area contributed by atoms with Crippen molar-refractivity contribution >= 4 is 22.8 Å². The summed E-state index contributed by atoms with van der Waals surface area (Å²) in [5, 5.41) is 29.6. The molecule has 22 heavy (non-hydrogen) atoms. The Labute approximate surface area is 124 Å². The second-order valence-electron chi connectivity index (χ2n) is 5.10. The molecule has 0 radical (unpaired) electrons. The molecule has 0 aromatic carbocycles. The number of nitrogens with two attached hydrogens (primary N) is 2. The third-order valence-corrected chi connectivity index (χ3v) is 3.85. The van der Waals surface area contributed by atoms with Crippen LogP contribution in [-0.4, -0.2) is 54.6 Å². The van der Waals surface area contributed by atoms with E-state index in [-0.39, 0.29) is 18.0 Å². The second kappa shape index (κ2) is 5.05. The van der Waals surface area contributed by atoms with Gasteiger partial charge in [-0.1, -0.05) is 6.08 Å². The Kier molecular flexibility index (Phi) is 3.32. The fraction of sp³-hybridized carbons (Fsp3) is 0.308. The van der Waals surface area contributed by atoms with Crippen molar-refractivity contribution in [2.75, 3.05) is 12.3 Å². The van der Waals surface area contributed by atoms with Gasteiger partial charge in [-0.05, 0) is 5.57 Å². The number of aromatic nitrogens is 3. The summed E-state index contributed by atoms with van der Waals surface area (Å²) in [5.41, 5.74) is 11.9. The third kappa shape index (κ3) is 1.95. The number of carbonyl (C=O) groups is 1. The summed E-state index contributed by atoms with van der Waals surface area (Å²) in [6, 6.07) is -0.706. The molecule has 1 amide bonds. The van der Waals surface area contributed by atoms with Crippen LogP contribution < -0.4 is 11.5 Å². The van der Waals surface area contributed by atoms with E-state index in [2.05, 4.69) is 9.97 Å². The number of fused-ring (bicyclic) bond motifs is 1. The van der Waals surface area contributed by atoms with Crippen LogP contribution in [0.15, 0.2) is 24.2 Å². The van der Waals surface area contributed by atoms with E-state index in [1.807, 2.05) is 0 Å². The van der Waals surface area contributed by atoms with Crippen LogP contribution in [0.25, 0.3) is 11.0 Å². The Hall–Kier alpha value is -2.49. The van der Waals surface area contributed by atoms with E-state index in [9.17, 15) is 20.1 Å². The molecule has 0 spiro atoms. The van der Waals surface area contributed by atoms with Gasteiger partial charge >= 0.3 is 0 Å². The average molecular weight is 305 g/mol. The fourth-order valence-corrected chi connectivity index (χ4v) is 2.74. The minimum atomic E-state index is -1.19. The number of aliphatic hydroxyl groups excluding tert-OH is 3. The summed E-state index contributed by atoms with van der Waals surface area (Å²) >= 11 is 0. The third-order valence-electron chi connectivity index (χ3n) is 3.85. The summed E-state index contributed by atoms with van der Waals surface area (Å²) in [7, 11) is 0. The largest absolute Gasteiger partial charge is 0.392 e. The Morgan fingerprint density at radius 1 is 1.36 bits per heavy atom. The number of nitrogens with zero attached hydrogens (tertiary/aromatic N) is 3. The number of aliphatic hydroxyl groups is 3. The van der Waals surface area contributed by atoms with E-state index in [1.54, 1.807) is 0 Å². The monoisotopic (exact) mass is 305 g/mol. The first-order chi connectivity index (χ1) is 10.5. The molecule has 3 atom stereocenters. The average Bonchev–Trinajstić information content (AvgIpc) is 3.00. The minimum absolute atomic E-state index is 0.0944. The molecule has 0 saturated carbocycles. The standard InChI is InChI=1S/C13H15N5O4/c14-11-8-6(12(15)22)2-18(13(8)17-4-16-11)7-1-5(3-19)9(20)10(7)21/h1-2,4,7,9-10,19-21H,3H2,(H2,15,22)(H2,14,16,17)/t7-,9-,10+/m1/s1.